The molecule has 0 rings (SSSR count). The van der Waals surface area contributed by atoms with Crippen molar-refractivity contribution in [2.45, 2.75) is 93.0 Å². The monoisotopic (exact) mass is 493 g/mol. The Morgan fingerprint density at radius 2 is 1.53 bits per heavy atom. The molecule has 3 unspecified atom stereocenters. The van der Waals surface area contributed by atoms with E-state index in [1.54, 1.807) is 11.8 Å². The molecule has 7 heteroatoms. The van der Waals surface area contributed by atoms with Crippen LogP contribution in [0.2, 0.25) is 0 Å². The zero-order valence-electron chi connectivity index (χ0n) is 22.3. The van der Waals surface area contributed by atoms with Crippen LogP contribution in [-0.4, -0.2) is 35.1 Å². The molecule has 6 nitrogen and oxygen atoms in total. The molecule has 0 saturated heterocycles. The van der Waals surface area contributed by atoms with Crippen molar-refractivity contribution in [2.24, 2.45) is 17.7 Å². The summed E-state index contributed by atoms with van der Waals surface area (Å²) in [5.41, 5.74) is 6.29. The van der Waals surface area contributed by atoms with Gasteiger partial charge in [0.2, 0.25) is 11.8 Å². The first-order valence-electron chi connectivity index (χ1n) is 12.3. The molecular weight excluding hydrogens is 446 g/mol. The molecule has 4 N–H and O–H groups in total. The molecule has 3 atom stereocenters. The number of nitrogens with two attached hydrogens (primary N) is 1. The van der Waals surface area contributed by atoms with Crippen LogP contribution in [0.25, 0.3) is 0 Å². The molecule has 0 spiro atoms. The second-order valence-corrected chi connectivity index (χ2v) is 10.5. The number of hydrogen-bond donors (Lipinski definition) is 3. The predicted molar refractivity (Wildman–Crippen MR) is 145 cm³/mol. The normalized spacial score (nSPS) is 14.7. The molecule has 0 fully saturated rings. The van der Waals surface area contributed by atoms with Crippen LogP contribution in [0.5, 0.6) is 0 Å². The lowest BCUT2D eigenvalue weighted by Crippen LogP contribution is -2.46. The number of thioether (sulfide) groups is 1. The molecule has 194 valence electrons. The van der Waals surface area contributed by atoms with Gasteiger partial charge >= 0.3 is 0 Å². The van der Waals surface area contributed by atoms with E-state index in [1.807, 2.05) is 13.8 Å². The largest absolute Gasteiger partial charge is 0.346 e. The summed E-state index contributed by atoms with van der Waals surface area (Å²) in [7, 11) is 0. The first-order valence-corrected chi connectivity index (χ1v) is 13.5. The fourth-order valence-electron chi connectivity index (χ4n) is 3.46. The third-order valence-electron chi connectivity index (χ3n) is 5.87. The van der Waals surface area contributed by atoms with Crippen LogP contribution in [0.4, 0.5) is 0 Å². The number of carbonyl (C=O) groups is 3. The number of hydrogen-bond acceptors (Lipinski definition) is 5. The molecular formula is C27H47N3O3S. The number of allylic oxidation sites excluding steroid dienone is 5. The van der Waals surface area contributed by atoms with E-state index in [-0.39, 0.29) is 29.9 Å². The highest BCUT2D eigenvalue weighted by atomic mass is 32.2. The van der Waals surface area contributed by atoms with Gasteiger partial charge in [-0.2, -0.15) is 11.8 Å². The molecule has 0 saturated carbocycles. The lowest BCUT2D eigenvalue weighted by atomic mass is 9.90. The summed E-state index contributed by atoms with van der Waals surface area (Å²) in [6, 6.07) is -0.582. The van der Waals surface area contributed by atoms with Gasteiger partial charge in [-0.3, -0.25) is 19.8 Å². The Morgan fingerprint density at radius 1 is 0.941 bits per heavy atom. The zero-order chi connectivity index (χ0) is 26.1. The summed E-state index contributed by atoms with van der Waals surface area (Å²) >= 11 is 1.61. The Balaban J connectivity index is 4.71. The van der Waals surface area contributed by atoms with Gasteiger partial charge in [0, 0.05) is 24.9 Å². The number of ketones is 1. The van der Waals surface area contributed by atoms with E-state index in [0.29, 0.717) is 5.75 Å². The second kappa shape index (κ2) is 18.5. The number of amides is 2. The van der Waals surface area contributed by atoms with E-state index in [4.69, 9.17) is 5.84 Å². The van der Waals surface area contributed by atoms with E-state index in [2.05, 4.69) is 56.7 Å². The van der Waals surface area contributed by atoms with Gasteiger partial charge in [0.05, 0.1) is 12.0 Å². The lowest BCUT2D eigenvalue weighted by molar-refractivity contribution is -0.131. The van der Waals surface area contributed by atoms with Gasteiger partial charge in [-0.25, -0.2) is 5.84 Å². The molecule has 0 aliphatic rings. The SMILES string of the molecule is CCC(C)C(NC(C)=O)C(=O)CC(CSCC=C(C)CCC=C(C)CCC=C(C)C)C(=O)NN. The zero-order valence-corrected chi connectivity index (χ0v) is 23.1. The maximum Gasteiger partial charge on any atom is 0.238 e. The minimum Gasteiger partial charge on any atom is -0.346 e. The number of hydrazine groups is 1. The van der Waals surface area contributed by atoms with Crippen molar-refractivity contribution in [3.8, 4) is 0 Å². The standard InChI is InChI=1S/C27H47N3O3S/c1-8-22(6)26(29-23(7)31)25(32)17-24(27(33)30-28)18-34-16-15-21(5)14-10-13-20(4)12-9-11-19(2)3/h11,13,15,22,24,26H,8-10,12,14,16-18,28H2,1-7H3,(H,29,31)(H,30,33). The van der Waals surface area contributed by atoms with Crippen LogP contribution >= 0.6 is 11.8 Å². The number of nitrogens with one attached hydrogen (secondary N) is 2. The summed E-state index contributed by atoms with van der Waals surface area (Å²) in [6.45, 7) is 13.9. The molecule has 2 amide bonds. The maximum absolute atomic E-state index is 12.9. The lowest BCUT2D eigenvalue weighted by Gasteiger charge is -2.24. The van der Waals surface area contributed by atoms with Gasteiger partial charge in [-0.15, -0.1) is 0 Å². The van der Waals surface area contributed by atoms with Gasteiger partial charge in [-0.05, 0) is 59.3 Å². The molecule has 34 heavy (non-hydrogen) atoms. The van der Waals surface area contributed by atoms with E-state index in [9.17, 15) is 14.4 Å². The second-order valence-electron chi connectivity index (χ2n) is 9.44. The Kier molecular flexibility index (Phi) is 17.5. The Morgan fingerprint density at radius 3 is 2.06 bits per heavy atom. The molecule has 0 bridgehead atoms. The molecule has 0 aromatic heterocycles. The fourth-order valence-corrected chi connectivity index (χ4v) is 4.55. The van der Waals surface area contributed by atoms with Crippen LogP contribution in [0.3, 0.4) is 0 Å². The minimum atomic E-state index is -0.582. The van der Waals surface area contributed by atoms with Crippen molar-refractivity contribution in [3.63, 3.8) is 0 Å². The first-order chi connectivity index (χ1) is 16.0. The number of carbonyl (C=O) groups excluding carboxylic acids is 3. The Labute approximate surface area is 211 Å². The quantitative estimate of drug-likeness (QED) is 0.0844. The van der Waals surface area contributed by atoms with Crippen LogP contribution in [0.1, 0.15) is 87.0 Å². The molecule has 0 aromatic carbocycles. The van der Waals surface area contributed by atoms with Gasteiger partial charge in [0.15, 0.2) is 5.78 Å². The van der Waals surface area contributed by atoms with E-state index in [0.717, 1.165) is 37.9 Å². The highest BCUT2D eigenvalue weighted by molar-refractivity contribution is 7.99. The summed E-state index contributed by atoms with van der Waals surface area (Å²) in [5, 5.41) is 2.74. The number of rotatable bonds is 17. The highest BCUT2D eigenvalue weighted by Gasteiger charge is 2.29. The Bertz CT molecular complexity index is 739. The smallest absolute Gasteiger partial charge is 0.238 e. The third kappa shape index (κ3) is 15.1. The average molecular weight is 494 g/mol. The van der Waals surface area contributed by atoms with E-state index >= 15 is 0 Å². The van der Waals surface area contributed by atoms with Crippen LogP contribution < -0.4 is 16.6 Å². The summed E-state index contributed by atoms with van der Waals surface area (Å²) in [5.74, 6) is 5.39. The summed E-state index contributed by atoms with van der Waals surface area (Å²) < 4.78 is 0. The molecule has 0 radical (unpaired) electrons. The molecule has 0 aromatic rings. The number of Topliss-reactive ketones (excluding diaryl/α,β-unsaturated/α-hetero) is 1. The molecule has 0 heterocycles. The van der Waals surface area contributed by atoms with Gasteiger partial charge in [0.1, 0.15) is 0 Å². The maximum atomic E-state index is 12.9. The topological polar surface area (TPSA) is 101 Å². The van der Waals surface area contributed by atoms with Crippen LogP contribution in [0.15, 0.2) is 34.9 Å². The fraction of sp³-hybridized carbons (Fsp3) is 0.667. The van der Waals surface area contributed by atoms with Gasteiger partial charge < -0.3 is 5.32 Å². The van der Waals surface area contributed by atoms with Crippen molar-refractivity contribution in [3.05, 3.63) is 34.9 Å². The van der Waals surface area contributed by atoms with E-state index < -0.39 is 12.0 Å². The Hall–Kier alpha value is -1.86. The van der Waals surface area contributed by atoms with Gasteiger partial charge in [0.25, 0.3) is 0 Å². The minimum absolute atomic E-state index is 0.00105. The van der Waals surface area contributed by atoms with Crippen molar-refractivity contribution >= 4 is 29.4 Å². The average Bonchev–Trinajstić information content (AvgIpc) is 2.77. The highest BCUT2D eigenvalue weighted by Crippen LogP contribution is 2.19. The molecule has 0 aliphatic carbocycles. The van der Waals surface area contributed by atoms with Crippen molar-refractivity contribution < 1.29 is 14.4 Å². The predicted octanol–water partition coefficient (Wildman–Crippen LogP) is 5.25. The van der Waals surface area contributed by atoms with Crippen molar-refractivity contribution in [2.75, 3.05) is 11.5 Å². The molecule has 0 aliphatic heterocycles. The van der Waals surface area contributed by atoms with Crippen LogP contribution in [0, 0.1) is 11.8 Å². The summed E-state index contributed by atoms with van der Waals surface area (Å²) in [6.07, 6.45) is 11.8. The van der Waals surface area contributed by atoms with Crippen LogP contribution in [-0.2, 0) is 14.4 Å². The summed E-state index contributed by atoms with van der Waals surface area (Å²) in [4.78, 5) is 36.7. The van der Waals surface area contributed by atoms with Crippen molar-refractivity contribution in [1.29, 1.82) is 0 Å². The van der Waals surface area contributed by atoms with E-state index in [1.165, 1.54) is 23.6 Å². The third-order valence-corrected chi connectivity index (χ3v) is 6.91. The first kappa shape index (κ1) is 32.1. The van der Waals surface area contributed by atoms with Gasteiger partial charge in [-0.1, -0.05) is 55.2 Å². The van der Waals surface area contributed by atoms with Crippen molar-refractivity contribution in [1.82, 2.24) is 10.7 Å².